The Morgan fingerprint density at radius 3 is 2.90 bits per heavy atom. The number of methoxy groups -OCH3 is 1. The second kappa shape index (κ2) is 7.75. The smallest absolute Gasteiger partial charge is 0.339 e. The van der Waals surface area contributed by atoms with Crippen molar-refractivity contribution in [2.24, 2.45) is 0 Å². The van der Waals surface area contributed by atoms with Crippen LogP contribution < -0.4 is 10.6 Å². The van der Waals surface area contributed by atoms with Crippen LogP contribution in [-0.2, 0) is 14.3 Å². The highest BCUT2D eigenvalue weighted by Gasteiger charge is 2.16. The van der Waals surface area contributed by atoms with E-state index >= 15 is 0 Å². The third kappa shape index (κ3) is 4.54. The summed E-state index contributed by atoms with van der Waals surface area (Å²) in [4.78, 5) is 23.5. The van der Waals surface area contributed by atoms with Gasteiger partial charge in [-0.2, -0.15) is 0 Å². The van der Waals surface area contributed by atoms with E-state index in [-0.39, 0.29) is 18.6 Å². The zero-order chi connectivity index (χ0) is 15.1. The molecule has 1 amide bonds. The Balaban J connectivity index is 1.83. The Labute approximate surface area is 123 Å². The number of nitrogens with one attached hydrogen (secondary N) is 2. The van der Waals surface area contributed by atoms with Gasteiger partial charge in [0.2, 0.25) is 5.91 Å². The lowest BCUT2D eigenvalue weighted by Gasteiger charge is -2.12. The van der Waals surface area contributed by atoms with Gasteiger partial charge in [0.05, 0.1) is 31.0 Å². The first-order chi connectivity index (χ1) is 10.2. The van der Waals surface area contributed by atoms with E-state index in [4.69, 9.17) is 4.74 Å². The van der Waals surface area contributed by atoms with Crippen LogP contribution >= 0.6 is 0 Å². The second-order valence-electron chi connectivity index (χ2n) is 4.85. The highest BCUT2D eigenvalue weighted by Crippen LogP contribution is 2.15. The highest BCUT2D eigenvalue weighted by atomic mass is 16.5. The quantitative estimate of drug-likeness (QED) is 0.770. The summed E-state index contributed by atoms with van der Waals surface area (Å²) in [6.07, 6.45) is 2.30. The molecule has 0 aliphatic carbocycles. The first-order valence-corrected chi connectivity index (χ1v) is 7.00. The number of carbonyl (C=O) groups is 2. The van der Waals surface area contributed by atoms with E-state index < -0.39 is 5.97 Å². The maximum absolute atomic E-state index is 11.9. The number of anilines is 1. The SMILES string of the molecule is COC(=O)c1ccccc1NC(=O)CNCC1CCCO1. The molecule has 1 heterocycles. The van der Waals surface area contributed by atoms with E-state index in [1.54, 1.807) is 24.3 Å². The normalized spacial score (nSPS) is 17.5. The number of ether oxygens (including phenoxy) is 2. The van der Waals surface area contributed by atoms with Gasteiger partial charge in [-0.3, -0.25) is 4.79 Å². The summed E-state index contributed by atoms with van der Waals surface area (Å²) in [7, 11) is 1.31. The van der Waals surface area contributed by atoms with Crippen molar-refractivity contribution in [2.45, 2.75) is 18.9 Å². The Morgan fingerprint density at radius 1 is 1.38 bits per heavy atom. The van der Waals surface area contributed by atoms with E-state index in [1.165, 1.54) is 7.11 Å². The van der Waals surface area contributed by atoms with Crippen molar-refractivity contribution in [1.29, 1.82) is 0 Å². The molecule has 0 saturated carbocycles. The molecule has 6 nitrogen and oxygen atoms in total. The van der Waals surface area contributed by atoms with Crippen molar-refractivity contribution < 1.29 is 19.1 Å². The molecule has 1 unspecified atom stereocenters. The van der Waals surface area contributed by atoms with Crippen LogP contribution in [0.15, 0.2) is 24.3 Å². The van der Waals surface area contributed by atoms with Crippen LogP contribution in [-0.4, -0.2) is 44.8 Å². The van der Waals surface area contributed by atoms with E-state index in [2.05, 4.69) is 15.4 Å². The molecule has 1 fully saturated rings. The molecule has 1 atom stereocenters. The van der Waals surface area contributed by atoms with Gasteiger partial charge in [0.15, 0.2) is 0 Å². The minimum Gasteiger partial charge on any atom is -0.465 e. The van der Waals surface area contributed by atoms with Gasteiger partial charge in [-0.15, -0.1) is 0 Å². The van der Waals surface area contributed by atoms with E-state index in [0.29, 0.717) is 17.8 Å². The number of rotatable bonds is 6. The topological polar surface area (TPSA) is 76.7 Å². The average molecular weight is 292 g/mol. The van der Waals surface area contributed by atoms with Crippen LogP contribution in [0.5, 0.6) is 0 Å². The van der Waals surface area contributed by atoms with E-state index in [1.807, 2.05) is 0 Å². The van der Waals surface area contributed by atoms with Gasteiger partial charge in [0, 0.05) is 13.2 Å². The van der Waals surface area contributed by atoms with Crippen molar-refractivity contribution >= 4 is 17.6 Å². The fraction of sp³-hybridized carbons (Fsp3) is 0.467. The van der Waals surface area contributed by atoms with Gasteiger partial charge in [-0.1, -0.05) is 12.1 Å². The zero-order valence-corrected chi connectivity index (χ0v) is 12.1. The van der Waals surface area contributed by atoms with Gasteiger partial charge in [-0.25, -0.2) is 4.79 Å². The molecule has 1 aliphatic heterocycles. The predicted octanol–water partition coefficient (Wildman–Crippen LogP) is 1.18. The minimum atomic E-state index is -0.474. The molecule has 2 rings (SSSR count). The summed E-state index contributed by atoms with van der Waals surface area (Å²) in [6, 6.07) is 6.75. The molecule has 1 saturated heterocycles. The van der Waals surface area contributed by atoms with Crippen molar-refractivity contribution in [3.05, 3.63) is 29.8 Å². The molecule has 0 radical (unpaired) electrons. The molecule has 6 heteroatoms. The molecule has 114 valence electrons. The second-order valence-corrected chi connectivity index (χ2v) is 4.85. The third-order valence-electron chi connectivity index (χ3n) is 3.29. The van der Waals surface area contributed by atoms with Crippen molar-refractivity contribution in [3.8, 4) is 0 Å². The molecule has 1 aromatic carbocycles. The lowest BCUT2D eigenvalue weighted by atomic mass is 10.2. The summed E-state index contributed by atoms with van der Waals surface area (Å²) in [5, 5.41) is 5.76. The van der Waals surface area contributed by atoms with Crippen LogP contribution in [0.1, 0.15) is 23.2 Å². The molecular formula is C15H20N2O4. The van der Waals surface area contributed by atoms with E-state index in [0.717, 1.165) is 19.4 Å². The molecule has 1 aromatic rings. The average Bonchev–Trinajstić information content (AvgIpc) is 3.00. The molecule has 21 heavy (non-hydrogen) atoms. The number of para-hydroxylation sites is 1. The lowest BCUT2D eigenvalue weighted by Crippen LogP contribution is -2.33. The van der Waals surface area contributed by atoms with Crippen LogP contribution in [0.4, 0.5) is 5.69 Å². The summed E-state index contributed by atoms with van der Waals surface area (Å²) in [5.74, 6) is -0.678. The zero-order valence-electron chi connectivity index (χ0n) is 12.1. The van der Waals surface area contributed by atoms with Crippen LogP contribution in [0.3, 0.4) is 0 Å². The monoisotopic (exact) mass is 292 g/mol. The Bertz CT molecular complexity index is 498. The molecule has 0 aromatic heterocycles. The van der Waals surface area contributed by atoms with Gasteiger partial charge in [0.25, 0.3) is 0 Å². The molecular weight excluding hydrogens is 272 g/mol. The van der Waals surface area contributed by atoms with Gasteiger partial charge >= 0.3 is 5.97 Å². The number of amides is 1. The fourth-order valence-electron chi connectivity index (χ4n) is 2.23. The van der Waals surface area contributed by atoms with Gasteiger partial charge in [-0.05, 0) is 25.0 Å². The first-order valence-electron chi connectivity index (χ1n) is 7.00. The number of benzene rings is 1. The number of esters is 1. The van der Waals surface area contributed by atoms with Crippen LogP contribution in [0.25, 0.3) is 0 Å². The summed E-state index contributed by atoms with van der Waals surface area (Å²) >= 11 is 0. The third-order valence-corrected chi connectivity index (χ3v) is 3.29. The van der Waals surface area contributed by atoms with Gasteiger partial charge in [0.1, 0.15) is 0 Å². The van der Waals surface area contributed by atoms with Crippen LogP contribution in [0, 0.1) is 0 Å². The minimum absolute atomic E-state index is 0.176. The Morgan fingerprint density at radius 2 is 2.19 bits per heavy atom. The molecule has 2 N–H and O–H groups in total. The molecule has 0 spiro atoms. The van der Waals surface area contributed by atoms with Gasteiger partial charge < -0.3 is 20.1 Å². The van der Waals surface area contributed by atoms with Crippen LogP contribution in [0.2, 0.25) is 0 Å². The maximum Gasteiger partial charge on any atom is 0.339 e. The fourth-order valence-corrected chi connectivity index (χ4v) is 2.23. The van der Waals surface area contributed by atoms with E-state index in [9.17, 15) is 9.59 Å². The molecule has 0 bridgehead atoms. The first kappa shape index (κ1) is 15.5. The predicted molar refractivity (Wildman–Crippen MR) is 78.3 cm³/mol. The highest BCUT2D eigenvalue weighted by molar-refractivity contribution is 6.01. The standard InChI is InChI=1S/C15H20N2O4/c1-20-15(19)12-6-2-3-7-13(12)17-14(18)10-16-9-11-5-4-8-21-11/h2-3,6-7,11,16H,4-5,8-10H2,1H3,(H,17,18). The lowest BCUT2D eigenvalue weighted by molar-refractivity contribution is -0.115. The summed E-state index contributed by atoms with van der Waals surface area (Å²) in [6.45, 7) is 1.63. The Kier molecular flexibility index (Phi) is 5.71. The maximum atomic E-state index is 11.9. The summed E-state index contributed by atoms with van der Waals surface area (Å²) in [5.41, 5.74) is 0.792. The molecule has 1 aliphatic rings. The Hall–Kier alpha value is -1.92. The summed E-state index contributed by atoms with van der Waals surface area (Å²) < 4.78 is 10.1. The number of hydrogen-bond acceptors (Lipinski definition) is 5. The number of hydrogen-bond donors (Lipinski definition) is 2. The van der Waals surface area contributed by atoms with Crippen molar-refractivity contribution in [1.82, 2.24) is 5.32 Å². The largest absolute Gasteiger partial charge is 0.465 e. The van der Waals surface area contributed by atoms with Crippen molar-refractivity contribution in [2.75, 3.05) is 32.1 Å². The van der Waals surface area contributed by atoms with Crippen molar-refractivity contribution in [3.63, 3.8) is 0 Å². The number of carbonyl (C=O) groups excluding carboxylic acids is 2.